The minimum Gasteiger partial charge on any atom is -0.387 e. The zero-order chi connectivity index (χ0) is 15.5. The highest BCUT2D eigenvalue weighted by atomic mass is 32.1. The minimum absolute atomic E-state index is 0.0666. The Kier molecular flexibility index (Phi) is 4.52. The number of aliphatic hydroxyl groups excluding tert-OH is 1. The first-order valence-electron chi connectivity index (χ1n) is 7.36. The molecule has 6 heteroatoms. The molecule has 5 nitrogen and oxygen atoms in total. The Bertz CT molecular complexity index is 657. The number of aliphatic hydroxyl groups is 1. The fourth-order valence-electron chi connectivity index (χ4n) is 2.95. The Labute approximate surface area is 132 Å². The van der Waals surface area contributed by atoms with Gasteiger partial charge in [-0.25, -0.2) is 0 Å². The molecule has 0 amide bonds. The molecule has 0 aliphatic heterocycles. The van der Waals surface area contributed by atoms with E-state index in [4.69, 9.17) is 0 Å². The topological polar surface area (TPSA) is 75.4 Å². The molecular weight excluding hydrogens is 300 g/mol. The Morgan fingerprint density at radius 2 is 2.32 bits per heavy atom. The molecule has 0 saturated heterocycles. The summed E-state index contributed by atoms with van der Waals surface area (Å²) in [6.07, 6.45) is 2.40. The number of fused-ring (bicyclic) bond motifs is 1. The zero-order valence-corrected chi connectivity index (χ0v) is 12.9. The van der Waals surface area contributed by atoms with Crippen LogP contribution in [0, 0.1) is 10.1 Å². The monoisotopic (exact) mass is 318 g/mol. The van der Waals surface area contributed by atoms with E-state index in [-0.39, 0.29) is 16.7 Å². The van der Waals surface area contributed by atoms with Gasteiger partial charge >= 0.3 is 0 Å². The maximum absolute atomic E-state index is 11.0. The maximum Gasteiger partial charge on any atom is 0.269 e. The molecular formula is C16H18N2O3S. The number of benzene rings is 1. The van der Waals surface area contributed by atoms with Crippen LogP contribution in [0.1, 0.15) is 41.7 Å². The zero-order valence-electron chi connectivity index (χ0n) is 12.1. The van der Waals surface area contributed by atoms with E-state index in [1.165, 1.54) is 5.56 Å². The van der Waals surface area contributed by atoms with Gasteiger partial charge in [0.2, 0.25) is 0 Å². The molecule has 1 aromatic heterocycles. The molecule has 1 aromatic carbocycles. The Balaban J connectivity index is 1.73. The average Bonchev–Trinajstić information content (AvgIpc) is 3.06. The third kappa shape index (κ3) is 3.19. The van der Waals surface area contributed by atoms with E-state index in [1.807, 2.05) is 22.9 Å². The summed E-state index contributed by atoms with van der Waals surface area (Å²) in [6, 6.07) is 7.08. The van der Waals surface area contributed by atoms with Crippen LogP contribution in [-0.2, 0) is 6.42 Å². The summed E-state index contributed by atoms with van der Waals surface area (Å²) in [5.74, 6) is 0. The number of nitrogens with one attached hydrogen (secondary N) is 1. The van der Waals surface area contributed by atoms with Gasteiger partial charge in [-0.3, -0.25) is 10.1 Å². The lowest BCUT2D eigenvalue weighted by molar-refractivity contribution is -0.385. The van der Waals surface area contributed by atoms with Crippen molar-refractivity contribution in [3.63, 3.8) is 0 Å². The predicted octanol–water partition coefficient (Wildman–Crippen LogP) is 3.36. The normalized spacial score (nSPS) is 18.7. The number of hydrogen-bond donors (Lipinski definition) is 2. The van der Waals surface area contributed by atoms with E-state index < -0.39 is 6.10 Å². The molecule has 2 aromatic rings. The largest absolute Gasteiger partial charge is 0.387 e. The molecule has 3 rings (SSSR count). The molecule has 1 heterocycles. The average molecular weight is 318 g/mol. The van der Waals surface area contributed by atoms with Crippen LogP contribution in [0.4, 0.5) is 5.69 Å². The lowest BCUT2D eigenvalue weighted by atomic mass is 9.87. The fraction of sp³-hybridized carbons (Fsp3) is 0.375. The molecule has 1 aliphatic rings. The summed E-state index contributed by atoms with van der Waals surface area (Å²) >= 11 is 1.56. The molecule has 0 spiro atoms. The molecule has 1 aliphatic carbocycles. The smallest absolute Gasteiger partial charge is 0.269 e. The summed E-state index contributed by atoms with van der Waals surface area (Å²) in [4.78, 5) is 10.6. The number of non-ortho nitro benzene ring substituents is 1. The number of nitrogens with zero attached hydrogens (tertiary/aromatic N) is 1. The van der Waals surface area contributed by atoms with Gasteiger partial charge in [0.05, 0.1) is 11.0 Å². The quantitative estimate of drug-likeness (QED) is 0.655. The number of aryl methyl sites for hydroxylation is 1. The molecule has 0 bridgehead atoms. The number of rotatable bonds is 5. The van der Waals surface area contributed by atoms with Crippen molar-refractivity contribution in [1.82, 2.24) is 5.32 Å². The maximum atomic E-state index is 11.0. The first-order chi connectivity index (χ1) is 10.6. The van der Waals surface area contributed by atoms with Crippen LogP contribution in [0.25, 0.3) is 0 Å². The van der Waals surface area contributed by atoms with Crippen molar-refractivity contribution in [2.45, 2.75) is 31.4 Å². The Morgan fingerprint density at radius 1 is 1.45 bits per heavy atom. The van der Waals surface area contributed by atoms with E-state index in [0.717, 1.165) is 30.4 Å². The lowest BCUT2D eigenvalue weighted by Crippen LogP contribution is -2.29. The van der Waals surface area contributed by atoms with E-state index in [0.29, 0.717) is 6.54 Å². The fourth-order valence-corrected chi connectivity index (χ4v) is 3.66. The first-order valence-corrected chi connectivity index (χ1v) is 8.30. The van der Waals surface area contributed by atoms with Crippen LogP contribution in [0.2, 0.25) is 0 Å². The second-order valence-corrected chi connectivity index (χ2v) is 6.35. The molecule has 2 N–H and O–H groups in total. The number of nitro groups is 1. The highest BCUT2D eigenvalue weighted by Crippen LogP contribution is 2.32. The van der Waals surface area contributed by atoms with Gasteiger partial charge < -0.3 is 10.4 Å². The number of nitro benzene ring substituents is 1. The summed E-state index contributed by atoms with van der Waals surface area (Å²) in [6.45, 7) is 0.448. The van der Waals surface area contributed by atoms with Crippen LogP contribution in [0.5, 0.6) is 0 Å². The highest BCUT2D eigenvalue weighted by molar-refractivity contribution is 7.07. The van der Waals surface area contributed by atoms with Gasteiger partial charge in [-0.05, 0) is 52.8 Å². The molecule has 116 valence electrons. The van der Waals surface area contributed by atoms with E-state index in [2.05, 4.69) is 5.32 Å². The van der Waals surface area contributed by atoms with Gasteiger partial charge in [0.1, 0.15) is 0 Å². The van der Waals surface area contributed by atoms with E-state index in [9.17, 15) is 15.2 Å². The van der Waals surface area contributed by atoms with E-state index >= 15 is 0 Å². The van der Waals surface area contributed by atoms with Gasteiger partial charge in [-0.2, -0.15) is 11.3 Å². The van der Waals surface area contributed by atoms with Crippen LogP contribution in [0.3, 0.4) is 0 Å². The second kappa shape index (κ2) is 6.56. The van der Waals surface area contributed by atoms with Crippen molar-refractivity contribution in [3.05, 3.63) is 61.8 Å². The van der Waals surface area contributed by atoms with Crippen molar-refractivity contribution in [2.75, 3.05) is 6.54 Å². The van der Waals surface area contributed by atoms with Crippen molar-refractivity contribution < 1.29 is 10.0 Å². The van der Waals surface area contributed by atoms with Gasteiger partial charge in [-0.15, -0.1) is 0 Å². The van der Waals surface area contributed by atoms with Crippen LogP contribution < -0.4 is 5.32 Å². The third-order valence-electron chi connectivity index (χ3n) is 4.14. The molecule has 0 radical (unpaired) electrons. The van der Waals surface area contributed by atoms with Crippen LogP contribution in [-0.4, -0.2) is 16.6 Å². The van der Waals surface area contributed by atoms with Crippen molar-refractivity contribution in [1.29, 1.82) is 0 Å². The van der Waals surface area contributed by atoms with Crippen LogP contribution >= 0.6 is 11.3 Å². The lowest BCUT2D eigenvalue weighted by Gasteiger charge is -2.27. The minimum atomic E-state index is -0.546. The van der Waals surface area contributed by atoms with Crippen molar-refractivity contribution in [2.24, 2.45) is 0 Å². The van der Waals surface area contributed by atoms with Crippen molar-refractivity contribution in [3.8, 4) is 0 Å². The molecule has 2 unspecified atom stereocenters. The molecule has 22 heavy (non-hydrogen) atoms. The predicted molar refractivity (Wildman–Crippen MR) is 86.1 cm³/mol. The summed E-state index contributed by atoms with van der Waals surface area (Å²) in [5.41, 5.74) is 3.20. The number of thiophene rings is 1. The van der Waals surface area contributed by atoms with Gasteiger partial charge in [0.25, 0.3) is 5.69 Å². The van der Waals surface area contributed by atoms with Crippen molar-refractivity contribution >= 4 is 17.0 Å². The summed E-state index contributed by atoms with van der Waals surface area (Å²) in [7, 11) is 0. The Morgan fingerprint density at radius 3 is 3.05 bits per heavy atom. The van der Waals surface area contributed by atoms with E-state index in [1.54, 1.807) is 23.5 Å². The summed E-state index contributed by atoms with van der Waals surface area (Å²) in [5, 5.41) is 28.4. The second-order valence-electron chi connectivity index (χ2n) is 5.57. The molecule has 2 atom stereocenters. The standard InChI is InChI=1S/C16H18N2O3S/c19-16(12-6-7-22-10-12)9-17-15-3-1-2-11-4-5-13(18(20)21)8-14(11)15/h4-8,10,15-17,19H,1-3,9H2. The highest BCUT2D eigenvalue weighted by Gasteiger charge is 2.23. The van der Waals surface area contributed by atoms with Gasteiger partial charge in [0, 0.05) is 24.7 Å². The third-order valence-corrected chi connectivity index (χ3v) is 4.84. The number of hydrogen-bond acceptors (Lipinski definition) is 5. The molecule has 0 fully saturated rings. The SMILES string of the molecule is O=[N+]([O-])c1ccc2c(c1)C(NCC(O)c1ccsc1)CCC2. The molecule has 0 saturated carbocycles. The van der Waals surface area contributed by atoms with Gasteiger partial charge in [0.15, 0.2) is 0 Å². The van der Waals surface area contributed by atoms with Gasteiger partial charge in [-0.1, -0.05) is 6.07 Å². The Hall–Kier alpha value is -1.76. The summed E-state index contributed by atoms with van der Waals surface area (Å²) < 4.78 is 0. The van der Waals surface area contributed by atoms with Crippen LogP contribution in [0.15, 0.2) is 35.0 Å². The first kappa shape index (κ1) is 15.1.